The Labute approximate surface area is 164 Å². The zero-order valence-corrected chi connectivity index (χ0v) is 17.4. The summed E-state index contributed by atoms with van der Waals surface area (Å²) in [6.07, 6.45) is 26.1. The molecule has 0 bridgehead atoms. The van der Waals surface area contributed by atoms with Gasteiger partial charge in [-0.3, -0.25) is 0 Å². The van der Waals surface area contributed by atoms with Gasteiger partial charge in [0.05, 0.1) is 0 Å². The van der Waals surface area contributed by atoms with Gasteiger partial charge in [-0.25, -0.2) is 36.1 Å². The largest absolute Gasteiger partial charge is 4.00 e. The van der Waals surface area contributed by atoms with Crippen LogP contribution in [0.2, 0.25) is 0 Å². The molecule has 0 radical (unpaired) electrons. The summed E-state index contributed by atoms with van der Waals surface area (Å²) in [5, 5.41) is 0. The van der Waals surface area contributed by atoms with Gasteiger partial charge in [-0.2, -0.15) is 0 Å². The van der Waals surface area contributed by atoms with Gasteiger partial charge in [0.25, 0.3) is 0 Å². The van der Waals surface area contributed by atoms with Crippen LogP contribution in [0.3, 0.4) is 0 Å². The molecule has 124 valence electrons. The zero-order valence-electron chi connectivity index (χ0n) is 14.9. The van der Waals surface area contributed by atoms with Crippen molar-refractivity contribution in [3.05, 3.63) is 88.5 Å². The molecule has 0 aliphatic heterocycles. The van der Waals surface area contributed by atoms with Crippen LogP contribution in [0.4, 0.5) is 0 Å². The molecule has 0 spiro atoms. The molecule has 4 rings (SSSR count). The normalized spacial score (nSPS) is 24.5. The van der Waals surface area contributed by atoms with E-state index in [0.29, 0.717) is 0 Å². The van der Waals surface area contributed by atoms with E-state index in [1.807, 2.05) is 0 Å². The monoisotopic (exact) mass is 386 g/mol. The average Bonchev–Trinajstić information content (AvgIpc) is 3.18. The van der Waals surface area contributed by atoms with Crippen LogP contribution in [0.15, 0.2) is 60.8 Å². The Morgan fingerprint density at radius 2 is 1.17 bits per heavy atom. The van der Waals surface area contributed by atoms with Crippen LogP contribution in [-0.2, 0) is 26.2 Å². The topological polar surface area (TPSA) is 0 Å². The van der Waals surface area contributed by atoms with Crippen LogP contribution in [0, 0.1) is 39.5 Å². The first-order valence-electron chi connectivity index (χ1n) is 7.83. The van der Waals surface area contributed by atoms with Crippen molar-refractivity contribution in [1.29, 1.82) is 0 Å². The molecular formula is C22H32Zr. The Hall–Kier alpha value is -0.677. The Morgan fingerprint density at radius 1 is 0.783 bits per heavy atom. The molecule has 1 heteroatoms. The summed E-state index contributed by atoms with van der Waals surface area (Å²) < 4.78 is 0. The summed E-state index contributed by atoms with van der Waals surface area (Å²) in [4.78, 5) is 0. The van der Waals surface area contributed by atoms with Crippen molar-refractivity contribution in [2.45, 2.75) is 38.5 Å². The van der Waals surface area contributed by atoms with Crippen LogP contribution in [-0.4, -0.2) is 0 Å². The summed E-state index contributed by atoms with van der Waals surface area (Å²) in [5.74, 6) is 1.77. The third-order valence-corrected chi connectivity index (χ3v) is 4.42. The quantitative estimate of drug-likeness (QED) is 0.321. The maximum Gasteiger partial charge on any atom is 4.00 e. The van der Waals surface area contributed by atoms with E-state index in [9.17, 15) is 0 Å². The third kappa shape index (κ3) is 7.17. The van der Waals surface area contributed by atoms with Gasteiger partial charge >= 0.3 is 26.2 Å². The number of hydrogen-bond donors (Lipinski definition) is 0. The van der Waals surface area contributed by atoms with Gasteiger partial charge in [0.1, 0.15) is 0 Å². The predicted octanol–water partition coefficient (Wildman–Crippen LogP) is 6.67. The Balaban J connectivity index is 0. The zero-order chi connectivity index (χ0) is 14.2. The van der Waals surface area contributed by atoms with Gasteiger partial charge in [-0.1, -0.05) is 12.8 Å². The first kappa shape index (κ1) is 24.6. The van der Waals surface area contributed by atoms with E-state index in [1.165, 1.54) is 38.5 Å². The first-order chi connectivity index (χ1) is 9.93. The molecule has 4 aliphatic carbocycles. The van der Waals surface area contributed by atoms with Gasteiger partial charge in [-0.15, -0.1) is 50.3 Å². The summed E-state index contributed by atoms with van der Waals surface area (Å²) in [6.45, 7) is 6.00. The predicted molar refractivity (Wildman–Crippen MR) is 102 cm³/mol. The minimum atomic E-state index is 0. The molecule has 0 saturated heterocycles. The molecule has 0 heterocycles. The van der Waals surface area contributed by atoms with E-state index in [-0.39, 0.29) is 41.1 Å². The van der Waals surface area contributed by atoms with Crippen LogP contribution in [0.1, 0.15) is 38.5 Å². The molecule has 2 unspecified atom stereocenters. The van der Waals surface area contributed by atoms with Crippen LogP contribution in [0.5, 0.6) is 0 Å². The van der Waals surface area contributed by atoms with E-state index < -0.39 is 0 Å². The van der Waals surface area contributed by atoms with E-state index in [2.05, 4.69) is 62.5 Å². The van der Waals surface area contributed by atoms with Crippen molar-refractivity contribution in [2.24, 2.45) is 11.8 Å². The van der Waals surface area contributed by atoms with Crippen molar-refractivity contribution in [3.8, 4) is 0 Å². The minimum absolute atomic E-state index is 0. The van der Waals surface area contributed by atoms with Crippen molar-refractivity contribution >= 4 is 0 Å². The fourth-order valence-electron chi connectivity index (χ4n) is 3.33. The van der Waals surface area contributed by atoms with Gasteiger partial charge in [0, 0.05) is 0 Å². The van der Waals surface area contributed by atoms with E-state index in [1.54, 1.807) is 11.1 Å². The van der Waals surface area contributed by atoms with Gasteiger partial charge in [0.2, 0.25) is 0 Å². The maximum atomic E-state index is 3.00. The molecule has 23 heavy (non-hydrogen) atoms. The van der Waals surface area contributed by atoms with Gasteiger partial charge < -0.3 is 14.9 Å². The standard InChI is InChI=1S/2C9H11.C2H4.2CH3.Zr/c2*1-2-5-9-7-3-6-8(9)4-1;1-2;;;/h2*1-2,4,6,9H,3,5,7H2;1-2H2;2*1H3;/q2*-1;;2*-1;+4. The van der Waals surface area contributed by atoms with Crippen LogP contribution < -0.4 is 0 Å². The molecule has 0 aromatic carbocycles. The average molecular weight is 388 g/mol. The Morgan fingerprint density at radius 3 is 1.52 bits per heavy atom. The molecule has 0 amide bonds. The van der Waals surface area contributed by atoms with E-state index >= 15 is 0 Å². The van der Waals surface area contributed by atoms with Crippen LogP contribution >= 0.6 is 0 Å². The maximum absolute atomic E-state index is 3.00. The first-order valence-corrected chi connectivity index (χ1v) is 7.83. The molecule has 2 fully saturated rings. The van der Waals surface area contributed by atoms with Crippen molar-refractivity contribution in [3.63, 3.8) is 0 Å². The molecular weight excluding hydrogens is 355 g/mol. The second-order valence-corrected chi connectivity index (χ2v) is 5.62. The second-order valence-electron chi connectivity index (χ2n) is 5.62. The SMILES string of the molecule is C1=CCC2CC[CH-]C2=C1.C1=CCC2CC[CH-]C2=C1.C=C.[CH3-].[CH3-].[Zr+4]. The molecule has 4 aliphatic rings. The number of fused-ring (bicyclic) bond motifs is 2. The van der Waals surface area contributed by atoms with Crippen molar-refractivity contribution < 1.29 is 26.2 Å². The van der Waals surface area contributed by atoms with Crippen molar-refractivity contribution in [2.75, 3.05) is 0 Å². The molecule has 0 nitrogen and oxygen atoms in total. The van der Waals surface area contributed by atoms with Gasteiger partial charge in [-0.05, 0) is 24.7 Å². The van der Waals surface area contributed by atoms with Crippen LogP contribution in [0.25, 0.3) is 0 Å². The number of hydrogen-bond acceptors (Lipinski definition) is 0. The molecule has 0 aromatic rings. The summed E-state index contributed by atoms with van der Waals surface area (Å²) in [6, 6.07) is 0. The second kappa shape index (κ2) is 13.7. The third-order valence-electron chi connectivity index (χ3n) is 4.42. The fourth-order valence-corrected chi connectivity index (χ4v) is 3.33. The smallest absolute Gasteiger partial charge is 0.358 e. The Kier molecular flexibility index (Phi) is 14.7. The van der Waals surface area contributed by atoms with Gasteiger partial charge in [0.15, 0.2) is 0 Å². The summed E-state index contributed by atoms with van der Waals surface area (Å²) in [5.41, 5.74) is 3.16. The molecule has 0 N–H and O–H groups in total. The Bertz CT molecular complexity index is 385. The fraction of sp³-hybridized carbons (Fsp3) is 0.364. The molecule has 2 atom stereocenters. The minimum Gasteiger partial charge on any atom is -0.358 e. The number of allylic oxidation sites excluding steroid dienone is 8. The van der Waals surface area contributed by atoms with E-state index in [0.717, 1.165) is 11.8 Å². The molecule has 2 saturated carbocycles. The summed E-state index contributed by atoms with van der Waals surface area (Å²) >= 11 is 0. The van der Waals surface area contributed by atoms with E-state index in [4.69, 9.17) is 0 Å². The summed E-state index contributed by atoms with van der Waals surface area (Å²) in [7, 11) is 0. The van der Waals surface area contributed by atoms with Crippen molar-refractivity contribution in [1.82, 2.24) is 0 Å². The molecule has 0 aromatic heterocycles. The number of rotatable bonds is 0.